The van der Waals surface area contributed by atoms with Crippen molar-refractivity contribution in [3.8, 4) is 11.6 Å². The maximum Gasteiger partial charge on any atom is 0.239 e. The van der Waals surface area contributed by atoms with Gasteiger partial charge in [0.25, 0.3) is 0 Å². The van der Waals surface area contributed by atoms with Crippen LogP contribution in [0.15, 0.2) is 39.5 Å². The average molecular weight is 258 g/mol. The Kier molecular flexibility index (Phi) is 3.21. The highest BCUT2D eigenvalue weighted by molar-refractivity contribution is 9.10. The number of rotatable bonds is 1. The van der Waals surface area contributed by atoms with Crippen LogP contribution in [0.4, 0.5) is 0 Å². The highest BCUT2D eigenvalue weighted by Gasteiger charge is 2.07. The van der Waals surface area contributed by atoms with Gasteiger partial charge < -0.3 is 15.8 Å². The van der Waals surface area contributed by atoms with E-state index in [4.69, 9.17) is 0 Å². The van der Waals surface area contributed by atoms with Crippen molar-refractivity contribution in [1.82, 2.24) is 11.4 Å². The van der Waals surface area contributed by atoms with Crippen LogP contribution >= 0.6 is 15.9 Å². The maximum atomic E-state index is 10.7. The highest BCUT2D eigenvalue weighted by atomic mass is 79.9. The number of hydrogen-bond donors (Lipinski definition) is 1. The molecule has 0 unspecified atom stereocenters. The first-order chi connectivity index (χ1) is 6.25. The molecule has 1 heterocycles. The van der Waals surface area contributed by atoms with E-state index in [0.717, 1.165) is 10.2 Å². The van der Waals surface area contributed by atoms with Crippen LogP contribution in [0.5, 0.6) is 5.95 Å². The largest absolute Gasteiger partial charge is 0.539 e. The third kappa shape index (κ3) is 2.09. The van der Waals surface area contributed by atoms with Crippen molar-refractivity contribution in [3.63, 3.8) is 0 Å². The summed E-state index contributed by atoms with van der Waals surface area (Å²) in [5, 5.41) is 14.2. The van der Waals surface area contributed by atoms with Gasteiger partial charge in [0.05, 0.1) is 5.27 Å². The van der Waals surface area contributed by atoms with E-state index in [1.807, 2.05) is 24.3 Å². The SMILES string of the molecule is N.[O-]c1c[n+](-c2ccc(Br)cc2)no1. The normalized spacial score (nSPS) is 9.50. The average Bonchev–Trinajstić information content (AvgIpc) is 2.53. The Hall–Kier alpha value is -1.40. The summed E-state index contributed by atoms with van der Waals surface area (Å²) >= 11 is 3.31. The van der Waals surface area contributed by atoms with Crippen molar-refractivity contribution in [1.29, 1.82) is 0 Å². The van der Waals surface area contributed by atoms with E-state index in [-0.39, 0.29) is 6.15 Å². The van der Waals surface area contributed by atoms with Crippen LogP contribution < -0.4 is 15.9 Å². The molecule has 74 valence electrons. The standard InChI is InChI=1S/C8H5BrN2O2.H3N/c9-6-1-3-7(4-2-6)11-5-8(12)13-10-11;/h1-5H;1H3. The molecule has 2 aromatic rings. The smallest absolute Gasteiger partial charge is 0.239 e. The van der Waals surface area contributed by atoms with Gasteiger partial charge in [-0.3, -0.25) is 0 Å². The number of hydrogen-bond acceptors (Lipinski definition) is 4. The molecule has 0 saturated carbocycles. The van der Waals surface area contributed by atoms with Gasteiger partial charge in [-0.1, -0.05) is 15.9 Å². The number of aromatic nitrogens is 2. The molecule has 0 radical (unpaired) electrons. The molecule has 3 N–H and O–H groups in total. The predicted octanol–water partition coefficient (Wildman–Crippen LogP) is 0.949. The molecule has 5 nitrogen and oxygen atoms in total. The lowest BCUT2D eigenvalue weighted by Gasteiger charge is -1.88. The number of nitrogens with zero attached hydrogens (tertiary/aromatic N) is 2. The summed E-state index contributed by atoms with van der Waals surface area (Å²) < 4.78 is 6.75. The molecule has 0 aliphatic heterocycles. The zero-order valence-electron chi connectivity index (χ0n) is 7.18. The van der Waals surface area contributed by atoms with Crippen LogP contribution in [-0.2, 0) is 0 Å². The van der Waals surface area contributed by atoms with Gasteiger partial charge in [0.1, 0.15) is 5.95 Å². The minimum absolute atomic E-state index is 0. The van der Waals surface area contributed by atoms with Gasteiger partial charge in [-0.2, -0.15) is 0 Å². The molecule has 0 spiro atoms. The lowest BCUT2D eigenvalue weighted by Crippen LogP contribution is -2.31. The third-order valence-electron chi connectivity index (χ3n) is 1.54. The van der Waals surface area contributed by atoms with E-state index in [0.29, 0.717) is 0 Å². The van der Waals surface area contributed by atoms with Gasteiger partial charge in [0.15, 0.2) is 0 Å². The van der Waals surface area contributed by atoms with Gasteiger partial charge in [0, 0.05) is 16.6 Å². The summed E-state index contributed by atoms with van der Waals surface area (Å²) in [6.07, 6.45) is 1.28. The van der Waals surface area contributed by atoms with E-state index in [2.05, 4.69) is 25.7 Å². The Balaban J connectivity index is 0.000000980. The van der Waals surface area contributed by atoms with Crippen molar-refractivity contribution in [2.24, 2.45) is 0 Å². The molecule has 6 heteroatoms. The van der Waals surface area contributed by atoms with Gasteiger partial charge in [0.2, 0.25) is 11.9 Å². The molecule has 0 atom stereocenters. The van der Waals surface area contributed by atoms with Crippen LogP contribution in [-0.4, -0.2) is 5.27 Å². The molecule has 1 aromatic heterocycles. The summed E-state index contributed by atoms with van der Waals surface area (Å²) in [4.78, 5) is 0. The van der Waals surface area contributed by atoms with E-state index in [1.54, 1.807) is 0 Å². The topological polar surface area (TPSA) is 88.0 Å². The quantitative estimate of drug-likeness (QED) is 0.771. The molecule has 0 bridgehead atoms. The number of halogens is 1. The van der Waals surface area contributed by atoms with Gasteiger partial charge in [-0.15, -0.1) is 0 Å². The second-order valence-electron chi connectivity index (χ2n) is 2.44. The van der Waals surface area contributed by atoms with E-state index < -0.39 is 5.95 Å². The molecule has 0 aliphatic rings. The van der Waals surface area contributed by atoms with Gasteiger partial charge in [-0.25, -0.2) is 0 Å². The molecule has 0 saturated heterocycles. The molecular formula is C8H8BrN3O2. The van der Waals surface area contributed by atoms with Crippen molar-refractivity contribution >= 4 is 15.9 Å². The lowest BCUT2D eigenvalue weighted by molar-refractivity contribution is -0.670. The molecular weight excluding hydrogens is 250 g/mol. The Morgan fingerprint density at radius 3 is 2.43 bits per heavy atom. The second kappa shape index (κ2) is 4.21. The summed E-state index contributed by atoms with van der Waals surface area (Å²) in [6, 6.07) is 7.38. The molecule has 0 fully saturated rings. The first-order valence-electron chi connectivity index (χ1n) is 3.57. The fourth-order valence-electron chi connectivity index (χ4n) is 0.947. The summed E-state index contributed by atoms with van der Waals surface area (Å²) in [5.41, 5.74) is 0.786. The fraction of sp³-hybridized carbons (Fsp3) is 0. The maximum absolute atomic E-state index is 10.7. The van der Waals surface area contributed by atoms with Crippen molar-refractivity contribution in [3.05, 3.63) is 34.9 Å². The lowest BCUT2D eigenvalue weighted by atomic mass is 10.3. The van der Waals surface area contributed by atoms with Crippen LogP contribution in [0, 0.1) is 0 Å². The monoisotopic (exact) mass is 257 g/mol. The fourth-order valence-corrected chi connectivity index (χ4v) is 1.21. The van der Waals surface area contributed by atoms with Crippen LogP contribution in [0.1, 0.15) is 0 Å². The van der Waals surface area contributed by atoms with Crippen molar-refractivity contribution in [2.75, 3.05) is 0 Å². The highest BCUT2D eigenvalue weighted by Crippen LogP contribution is 2.10. The zero-order valence-corrected chi connectivity index (χ0v) is 8.77. The molecule has 2 rings (SSSR count). The minimum Gasteiger partial charge on any atom is -0.539 e. The first kappa shape index (κ1) is 10.7. The number of benzene rings is 1. The predicted molar refractivity (Wildman–Crippen MR) is 50.2 cm³/mol. The first-order valence-corrected chi connectivity index (χ1v) is 4.36. The second-order valence-corrected chi connectivity index (χ2v) is 3.36. The summed E-state index contributed by atoms with van der Waals surface area (Å²) in [6.45, 7) is 0. The Morgan fingerprint density at radius 1 is 1.29 bits per heavy atom. The molecule has 0 aliphatic carbocycles. The summed E-state index contributed by atoms with van der Waals surface area (Å²) in [7, 11) is 0. The van der Waals surface area contributed by atoms with Crippen molar-refractivity contribution in [2.45, 2.75) is 0 Å². The van der Waals surface area contributed by atoms with E-state index in [1.165, 1.54) is 10.9 Å². The van der Waals surface area contributed by atoms with Crippen molar-refractivity contribution < 1.29 is 14.3 Å². The van der Waals surface area contributed by atoms with E-state index in [9.17, 15) is 5.11 Å². The Morgan fingerprint density at radius 2 is 1.93 bits per heavy atom. The summed E-state index contributed by atoms with van der Waals surface area (Å²) in [5.74, 6) is -0.456. The third-order valence-corrected chi connectivity index (χ3v) is 2.07. The van der Waals surface area contributed by atoms with Crippen LogP contribution in [0.3, 0.4) is 0 Å². The van der Waals surface area contributed by atoms with Crippen LogP contribution in [0.25, 0.3) is 5.69 Å². The minimum atomic E-state index is -0.456. The van der Waals surface area contributed by atoms with Gasteiger partial charge in [-0.05, 0) is 16.8 Å². The zero-order chi connectivity index (χ0) is 9.26. The van der Waals surface area contributed by atoms with E-state index >= 15 is 0 Å². The molecule has 1 aromatic carbocycles. The molecule has 14 heavy (non-hydrogen) atoms. The van der Waals surface area contributed by atoms with Crippen LogP contribution in [0.2, 0.25) is 0 Å². The van der Waals surface area contributed by atoms with Gasteiger partial charge >= 0.3 is 0 Å². The Bertz CT molecular complexity index is 413. The molecule has 0 amide bonds. The Labute approximate surface area is 88.6 Å².